The van der Waals surface area contributed by atoms with Crippen molar-refractivity contribution in [2.45, 2.75) is 6.54 Å². The highest BCUT2D eigenvalue weighted by atomic mass is 16.7. The first-order valence-corrected chi connectivity index (χ1v) is 5.84. The van der Waals surface area contributed by atoms with Crippen molar-refractivity contribution in [1.29, 1.82) is 5.26 Å². The fourth-order valence-corrected chi connectivity index (χ4v) is 1.91. The molecule has 2 aromatic rings. The minimum atomic E-state index is 0.258. The molecule has 0 spiro atoms. The molecule has 5 nitrogen and oxygen atoms in total. The van der Waals surface area contributed by atoms with E-state index in [0.717, 1.165) is 17.1 Å². The predicted octanol–water partition coefficient (Wildman–Crippen LogP) is 2.29. The maximum atomic E-state index is 8.83. The molecule has 0 radical (unpaired) electrons. The highest BCUT2D eigenvalue weighted by molar-refractivity contribution is 5.50. The lowest BCUT2D eigenvalue weighted by molar-refractivity contribution is 0.173. The Morgan fingerprint density at radius 3 is 3.16 bits per heavy atom. The van der Waals surface area contributed by atoms with Crippen LogP contribution in [-0.2, 0) is 6.54 Å². The van der Waals surface area contributed by atoms with Gasteiger partial charge in [0.1, 0.15) is 5.82 Å². The number of nitrogens with zero attached hydrogens (tertiary/aromatic N) is 2. The van der Waals surface area contributed by atoms with Crippen molar-refractivity contribution in [3.8, 4) is 17.6 Å². The van der Waals surface area contributed by atoms with Crippen molar-refractivity contribution in [2.75, 3.05) is 12.1 Å². The number of aromatic nitrogens is 1. The monoisotopic (exact) mass is 253 g/mol. The van der Waals surface area contributed by atoms with Gasteiger partial charge >= 0.3 is 0 Å². The van der Waals surface area contributed by atoms with E-state index in [1.807, 2.05) is 18.2 Å². The van der Waals surface area contributed by atoms with Crippen LogP contribution in [0, 0.1) is 11.3 Å². The van der Waals surface area contributed by atoms with Crippen LogP contribution in [0.4, 0.5) is 5.82 Å². The summed E-state index contributed by atoms with van der Waals surface area (Å²) >= 11 is 0. The third-order valence-electron chi connectivity index (χ3n) is 2.83. The molecular formula is C14H11N3O2. The summed E-state index contributed by atoms with van der Waals surface area (Å²) in [5.74, 6) is 2.19. The van der Waals surface area contributed by atoms with E-state index in [0.29, 0.717) is 17.9 Å². The third kappa shape index (κ3) is 2.29. The number of anilines is 1. The van der Waals surface area contributed by atoms with E-state index in [1.165, 1.54) is 0 Å². The molecule has 1 N–H and O–H groups in total. The molecule has 2 heterocycles. The largest absolute Gasteiger partial charge is 0.454 e. The molecule has 1 aliphatic rings. The summed E-state index contributed by atoms with van der Waals surface area (Å²) in [6.07, 6.45) is 1.61. The zero-order valence-corrected chi connectivity index (χ0v) is 10.1. The summed E-state index contributed by atoms with van der Waals surface area (Å²) in [5.41, 5.74) is 1.58. The highest BCUT2D eigenvalue weighted by Gasteiger charge is 2.16. The molecule has 0 amide bonds. The normalized spacial score (nSPS) is 11.9. The van der Waals surface area contributed by atoms with Crippen LogP contribution in [0.2, 0.25) is 0 Å². The summed E-state index contributed by atoms with van der Waals surface area (Å²) in [7, 11) is 0. The number of hydrogen-bond acceptors (Lipinski definition) is 5. The molecule has 5 heteroatoms. The van der Waals surface area contributed by atoms with E-state index < -0.39 is 0 Å². The second-order valence-corrected chi connectivity index (χ2v) is 4.05. The van der Waals surface area contributed by atoms with Crippen LogP contribution < -0.4 is 14.8 Å². The Bertz CT molecular complexity index is 649. The Labute approximate surface area is 110 Å². The minimum absolute atomic E-state index is 0.258. The fraction of sp³-hybridized carbons (Fsp3) is 0.143. The molecule has 1 aromatic carbocycles. The van der Waals surface area contributed by atoms with Gasteiger partial charge in [0.15, 0.2) is 11.5 Å². The molecule has 0 atom stereocenters. The van der Waals surface area contributed by atoms with Crippen LogP contribution in [-0.4, -0.2) is 11.8 Å². The zero-order chi connectivity index (χ0) is 13.1. The van der Waals surface area contributed by atoms with Crippen LogP contribution in [0.15, 0.2) is 36.5 Å². The number of nitrogens with one attached hydrogen (secondary N) is 1. The number of rotatable bonds is 3. The van der Waals surface area contributed by atoms with Gasteiger partial charge in [-0.3, -0.25) is 0 Å². The zero-order valence-electron chi connectivity index (χ0n) is 10.1. The maximum Gasteiger partial charge on any atom is 0.231 e. The molecule has 0 aliphatic carbocycles. The number of nitriles is 1. The standard InChI is InChI=1S/C14H11N3O2/c15-7-10-4-5-16-13(6-10)17-8-11-2-1-3-12-14(11)19-9-18-12/h1-6H,8-9H2,(H,16,17). The molecule has 19 heavy (non-hydrogen) atoms. The van der Waals surface area contributed by atoms with E-state index in [2.05, 4.69) is 16.4 Å². The second kappa shape index (κ2) is 4.86. The molecule has 0 saturated carbocycles. The first-order valence-electron chi connectivity index (χ1n) is 5.84. The SMILES string of the molecule is N#Cc1ccnc(NCc2cccc3c2OCO3)c1. The molecule has 0 saturated heterocycles. The van der Waals surface area contributed by atoms with Crippen LogP contribution >= 0.6 is 0 Å². The average Bonchev–Trinajstić information content (AvgIpc) is 2.94. The second-order valence-electron chi connectivity index (χ2n) is 4.05. The van der Waals surface area contributed by atoms with E-state index in [-0.39, 0.29) is 6.79 Å². The molecular weight excluding hydrogens is 242 g/mol. The van der Waals surface area contributed by atoms with Crippen molar-refractivity contribution in [2.24, 2.45) is 0 Å². The lowest BCUT2D eigenvalue weighted by Gasteiger charge is -2.08. The Morgan fingerprint density at radius 1 is 1.32 bits per heavy atom. The number of benzene rings is 1. The number of pyridine rings is 1. The van der Waals surface area contributed by atoms with Gasteiger partial charge in [0.05, 0.1) is 11.6 Å². The topological polar surface area (TPSA) is 67.2 Å². The van der Waals surface area contributed by atoms with Gasteiger partial charge in [-0.1, -0.05) is 12.1 Å². The van der Waals surface area contributed by atoms with Gasteiger partial charge in [0, 0.05) is 18.3 Å². The van der Waals surface area contributed by atoms with E-state index in [9.17, 15) is 0 Å². The molecule has 0 bridgehead atoms. The van der Waals surface area contributed by atoms with E-state index >= 15 is 0 Å². The minimum Gasteiger partial charge on any atom is -0.454 e. The molecule has 0 fully saturated rings. The maximum absolute atomic E-state index is 8.83. The molecule has 94 valence electrons. The first kappa shape index (κ1) is 11.4. The molecule has 3 rings (SSSR count). The third-order valence-corrected chi connectivity index (χ3v) is 2.83. The lowest BCUT2D eigenvalue weighted by atomic mass is 10.2. The van der Waals surface area contributed by atoms with Crippen molar-refractivity contribution in [1.82, 2.24) is 4.98 Å². The Balaban J connectivity index is 1.76. The first-order chi connectivity index (χ1) is 9.36. The van der Waals surface area contributed by atoms with Crippen LogP contribution in [0.3, 0.4) is 0 Å². The van der Waals surface area contributed by atoms with Crippen molar-refractivity contribution in [3.05, 3.63) is 47.7 Å². The van der Waals surface area contributed by atoms with Gasteiger partial charge < -0.3 is 14.8 Å². The predicted molar refractivity (Wildman–Crippen MR) is 68.8 cm³/mol. The summed E-state index contributed by atoms with van der Waals surface area (Å²) in [6.45, 7) is 0.822. The molecule has 1 aromatic heterocycles. The van der Waals surface area contributed by atoms with Crippen LogP contribution in [0.5, 0.6) is 11.5 Å². The summed E-state index contributed by atoms with van der Waals surface area (Å²) in [4.78, 5) is 4.16. The Hall–Kier alpha value is -2.74. The number of fused-ring (bicyclic) bond motifs is 1. The van der Waals surface area contributed by atoms with E-state index in [1.54, 1.807) is 18.3 Å². The van der Waals surface area contributed by atoms with Gasteiger partial charge in [-0.25, -0.2) is 4.98 Å². The molecule has 1 aliphatic heterocycles. The van der Waals surface area contributed by atoms with Gasteiger partial charge in [0.2, 0.25) is 6.79 Å². The summed E-state index contributed by atoms with van der Waals surface area (Å²) in [5, 5.41) is 12.0. The summed E-state index contributed by atoms with van der Waals surface area (Å²) < 4.78 is 10.7. The Morgan fingerprint density at radius 2 is 2.26 bits per heavy atom. The highest BCUT2D eigenvalue weighted by Crippen LogP contribution is 2.35. The average molecular weight is 253 g/mol. The van der Waals surface area contributed by atoms with Crippen molar-refractivity contribution < 1.29 is 9.47 Å². The van der Waals surface area contributed by atoms with Crippen molar-refractivity contribution in [3.63, 3.8) is 0 Å². The smallest absolute Gasteiger partial charge is 0.231 e. The van der Waals surface area contributed by atoms with Gasteiger partial charge in [0.25, 0.3) is 0 Å². The fourth-order valence-electron chi connectivity index (χ4n) is 1.91. The number of para-hydroxylation sites is 1. The van der Waals surface area contributed by atoms with Gasteiger partial charge in [-0.2, -0.15) is 5.26 Å². The van der Waals surface area contributed by atoms with Gasteiger partial charge in [-0.05, 0) is 18.2 Å². The summed E-state index contributed by atoms with van der Waals surface area (Å²) in [6, 6.07) is 11.2. The van der Waals surface area contributed by atoms with Gasteiger partial charge in [-0.15, -0.1) is 0 Å². The lowest BCUT2D eigenvalue weighted by Crippen LogP contribution is -2.02. The number of ether oxygens (including phenoxy) is 2. The van der Waals surface area contributed by atoms with Crippen molar-refractivity contribution >= 4 is 5.82 Å². The van der Waals surface area contributed by atoms with Crippen LogP contribution in [0.1, 0.15) is 11.1 Å². The Kier molecular flexibility index (Phi) is 2.91. The number of hydrogen-bond donors (Lipinski definition) is 1. The quantitative estimate of drug-likeness (QED) is 0.909. The van der Waals surface area contributed by atoms with Crippen LogP contribution in [0.25, 0.3) is 0 Å². The molecule has 0 unspecified atom stereocenters. The van der Waals surface area contributed by atoms with E-state index in [4.69, 9.17) is 14.7 Å².